The number of hydrogen-bond acceptors (Lipinski definition) is 2. The molecule has 2 N–H and O–H groups in total. The fourth-order valence-electron chi connectivity index (χ4n) is 2.55. The van der Waals surface area contributed by atoms with Gasteiger partial charge in [0.1, 0.15) is 0 Å². The van der Waals surface area contributed by atoms with Gasteiger partial charge in [-0.2, -0.15) is 0 Å². The lowest BCUT2D eigenvalue weighted by molar-refractivity contribution is -0.858. The zero-order valence-corrected chi connectivity index (χ0v) is 16.7. The van der Waals surface area contributed by atoms with Crippen molar-refractivity contribution in [2.45, 2.75) is 26.8 Å². The molecule has 0 amide bonds. The third kappa shape index (κ3) is 5.58. The fraction of sp³-hybridized carbons (Fsp3) is 0.421. The summed E-state index contributed by atoms with van der Waals surface area (Å²) in [6.45, 7) is 7.26. The van der Waals surface area contributed by atoms with Crippen LogP contribution >= 0.6 is 23.6 Å². The number of anilines is 1. The number of quaternary nitrogens is 1. The van der Waals surface area contributed by atoms with Crippen LogP contribution in [0.2, 0.25) is 0 Å². The molecule has 3 nitrogen and oxygen atoms in total. The Hall–Kier alpha value is -1.43. The number of nitrogens with one attached hydrogen (secondary N) is 2. The molecule has 0 aliphatic carbocycles. The van der Waals surface area contributed by atoms with Crippen molar-refractivity contribution in [1.82, 2.24) is 4.90 Å². The Morgan fingerprint density at radius 2 is 2.00 bits per heavy atom. The van der Waals surface area contributed by atoms with Crippen LogP contribution in [0, 0.1) is 13.8 Å². The van der Waals surface area contributed by atoms with E-state index in [9.17, 15) is 0 Å². The van der Waals surface area contributed by atoms with Gasteiger partial charge in [-0.3, -0.25) is 0 Å². The van der Waals surface area contributed by atoms with E-state index in [0.717, 1.165) is 36.9 Å². The van der Waals surface area contributed by atoms with E-state index in [2.05, 4.69) is 73.9 Å². The molecule has 130 valence electrons. The van der Waals surface area contributed by atoms with E-state index < -0.39 is 0 Å². The second-order valence-corrected chi connectivity index (χ2v) is 7.91. The molecule has 1 aromatic carbocycles. The van der Waals surface area contributed by atoms with Gasteiger partial charge in [-0.05, 0) is 54.7 Å². The first kappa shape index (κ1) is 18.9. The fourth-order valence-corrected chi connectivity index (χ4v) is 3.53. The molecule has 0 spiro atoms. The van der Waals surface area contributed by atoms with Crippen molar-refractivity contribution in [3.63, 3.8) is 0 Å². The van der Waals surface area contributed by atoms with E-state index in [0.29, 0.717) is 0 Å². The quantitative estimate of drug-likeness (QED) is 0.739. The molecule has 0 atom stereocenters. The number of thiocarbonyl (C=S) groups is 1. The number of nitrogens with zero attached hydrogens (tertiary/aromatic N) is 1. The summed E-state index contributed by atoms with van der Waals surface area (Å²) < 4.78 is 0. The highest BCUT2D eigenvalue weighted by Gasteiger charge is 2.13. The lowest BCUT2D eigenvalue weighted by atomic mass is 10.1. The van der Waals surface area contributed by atoms with Gasteiger partial charge >= 0.3 is 0 Å². The third-order valence-corrected chi connectivity index (χ3v) is 5.39. The molecule has 1 aromatic heterocycles. The van der Waals surface area contributed by atoms with Crippen LogP contribution in [0.3, 0.4) is 0 Å². The molecule has 0 unspecified atom stereocenters. The molecule has 0 bridgehead atoms. The summed E-state index contributed by atoms with van der Waals surface area (Å²) in [4.78, 5) is 5.10. The Bertz CT molecular complexity index is 651. The predicted octanol–water partition coefficient (Wildman–Crippen LogP) is 3.10. The highest BCUT2D eigenvalue weighted by Crippen LogP contribution is 2.19. The second-order valence-electron chi connectivity index (χ2n) is 6.49. The molecule has 0 fully saturated rings. The first-order valence-electron chi connectivity index (χ1n) is 8.41. The van der Waals surface area contributed by atoms with Crippen molar-refractivity contribution in [3.05, 3.63) is 51.7 Å². The van der Waals surface area contributed by atoms with Crippen molar-refractivity contribution < 1.29 is 4.90 Å². The van der Waals surface area contributed by atoms with Gasteiger partial charge in [-0.15, -0.1) is 11.3 Å². The van der Waals surface area contributed by atoms with Crippen LogP contribution in [-0.4, -0.2) is 37.2 Å². The van der Waals surface area contributed by atoms with E-state index in [1.54, 1.807) is 11.3 Å². The van der Waals surface area contributed by atoms with Gasteiger partial charge in [0, 0.05) is 23.5 Å². The monoisotopic (exact) mass is 362 g/mol. The molecule has 24 heavy (non-hydrogen) atoms. The molecular formula is C19H28N3S2+. The maximum atomic E-state index is 5.73. The highest BCUT2D eigenvalue weighted by molar-refractivity contribution is 7.80. The average molecular weight is 363 g/mol. The molecule has 2 rings (SSSR count). The number of hydrogen-bond donors (Lipinski definition) is 2. The number of benzene rings is 1. The van der Waals surface area contributed by atoms with Gasteiger partial charge in [0.05, 0.1) is 27.2 Å². The van der Waals surface area contributed by atoms with Gasteiger partial charge in [0.2, 0.25) is 0 Å². The van der Waals surface area contributed by atoms with Crippen molar-refractivity contribution in [2.24, 2.45) is 0 Å². The minimum Gasteiger partial charge on any atom is -0.344 e. The summed E-state index contributed by atoms with van der Waals surface area (Å²) >= 11 is 7.51. The van der Waals surface area contributed by atoms with Crippen LogP contribution in [0.1, 0.15) is 22.4 Å². The Kier molecular flexibility index (Phi) is 7.21. The van der Waals surface area contributed by atoms with Crippen LogP contribution in [0.4, 0.5) is 5.69 Å². The van der Waals surface area contributed by atoms with Crippen molar-refractivity contribution in [2.75, 3.05) is 32.5 Å². The van der Waals surface area contributed by atoms with Gasteiger partial charge in [-0.25, -0.2) is 0 Å². The molecule has 5 heteroatoms. The summed E-state index contributed by atoms with van der Waals surface area (Å²) in [5.74, 6) is 0. The number of aryl methyl sites for hydroxylation is 1. The maximum Gasteiger partial charge on any atom is 0.173 e. The van der Waals surface area contributed by atoms with E-state index in [-0.39, 0.29) is 0 Å². The summed E-state index contributed by atoms with van der Waals surface area (Å²) in [7, 11) is 4.38. The topological polar surface area (TPSA) is 19.7 Å². The smallest absolute Gasteiger partial charge is 0.173 e. The molecule has 1 heterocycles. The minimum absolute atomic E-state index is 0.811. The molecule has 0 saturated heterocycles. The Labute approximate surface area is 155 Å². The van der Waals surface area contributed by atoms with Crippen LogP contribution in [0.5, 0.6) is 0 Å². The number of thiophene rings is 1. The second kappa shape index (κ2) is 9.16. The standard InChI is InChI=1S/C19H27N3S2/c1-15-8-5-10-18(16(15)2)20-19(23)22(12-7-11-21(3)4)14-17-9-6-13-24-17/h5-6,8-10,13H,7,11-12,14H2,1-4H3,(H,20,23)/p+1. The van der Waals surface area contributed by atoms with Crippen molar-refractivity contribution in [3.8, 4) is 0 Å². The highest BCUT2D eigenvalue weighted by atomic mass is 32.1. The van der Waals surface area contributed by atoms with Gasteiger partial charge in [0.15, 0.2) is 5.11 Å². The zero-order chi connectivity index (χ0) is 17.5. The average Bonchev–Trinajstić information content (AvgIpc) is 3.03. The molecule has 2 aromatic rings. The zero-order valence-electron chi connectivity index (χ0n) is 15.1. The molecule has 0 saturated carbocycles. The minimum atomic E-state index is 0.811. The largest absolute Gasteiger partial charge is 0.344 e. The van der Waals surface area contributed by atoms with E-state index in [1.807, 2.05) is 0 Å². The molecular weight excluding hydrogens is 334 g/mol. The first-order chi connectivity index (χ1) is 11.5. The molecule has 0 aliphatic rings. The third-order valence-electron chi connectivity index (χ3n) is 4.17. The van der Waals surface area contributed by atoms with Gasteiger partial charge in [-0.1, -0.05) is 18.2 Å². The summed E-state index contributed by atoms with van der Waals surface area (Å²) in [5.41, 5.74) is 3.65. The molecule has 0 radical (unpaired) electrons. The van der Waals surface area contributed by atoms with E-state index in [4.69, 9.17) is 12.2 Å². The van der Waals surface area contributed by atoms with Crippen molar-refractivity contribution in [1.29, 1.82) is 0 Å². The van der Waals surface area contributed by atoms with Crippen LogP contribution in [0.25, 0.3) is 0 Å². The van der Waals surface area contributed by atoms with Crippen LogP contribution in [-0.2, 0) is 6.54 Å². The van der Waals surface area contributed by atoms with E-state index >= 15 is 0 Å². The SMILES string of the molecule is Cc1cccc(NC(=S)N(CCC[NH+](C)C)Cc2cccs2)c1C. The first-order valence-corrected chi connectivity index (χ1v) is 9.69. The predicted molar refractivity (Wildman–Crippen MR) is 109 cm³/mol. The lowest BCUT2D eigenvalue weighted by Crippen LogP contribution is -3.05. The van der Waals surface area contributed by atoms with Crippen molar-refractivity contribution >= 4 is 34.4 Å². The lowest BCUT2D eigenvalue weighted by Gasteiger charge is -2.26. The number of rotatable bonds is 7. The normalized spacial score (nSPS) is 10.9. The molecule has 0 aliphatic heterocycles. The van der Waals surface area contributed by atoms with E-state index in [1.165, 1.54) is 20.9 Å². The summed E-state index contributed by atoms with van der Waals surface area (Å²) in [5, 5.41) is 6.39. The van der Waals surface area contributed by atoms with Crippen LogP contribution in [0.15, 0.2) is 35.7 Å². The van der Waals surface area contributed by atoms with Crippen LogP contribution < -0.4 is 10.2 Å². The van der Waals surface area contributed by atoms with Gasteiger partial charge < -0.3 is 15.1 Å². The summed E-state index contributed by atoms with van der Waals surface area (Å²) in [6.07, 6.45) is 1.13. The summed E-state index contributed by atoms with van der Waals surface area (Å²) in [6, 6.07) is 10.6. The Balaban J connectivity index is 2.06. The Morgan fingerprint density at radius 3 is 2.67 bits per heavy atom. The maximum absolute atomic E-state index is 5.73. The van der Waals surface area contributed by atoms with Gasteiger partial charge in [0.25, 0.3) is 0 Å². The Morgan fingerprint density at radius 1 is 1.21 bits per heavy atom.